The second-order valence-electron chi connectivity index (χ2n) is 3.20. The minimum absolute atomic E-state index is 0.190. The van der Waals surface area contributed by atoms with Crippen molar-refractivity contribution < 1.29 is 9.84 Å². The van der Waals surface area contributed by atoms with Gasteiger partial charge in [-0.15, -0.1) is 0 Å². The molecule has 0 aliphatic carbocycles. The third-order valence-electron chi connectivity index (χ3n) is 2.24. The van der Waals surface area contributed by atoms with Gasteiger partial charge in [-0.05, 0) is 37.0 Å². The van der Waals surface area contributed by atoms with Crippen LogP contribution in [0.3, 0.4) is 0 Å². The van der Waals surface area contributed by atoms with Crippen molar-refractivity contribution in [3.63, 3.8) is 0 Å². The fraction of sp³-hybridized carbons (Fsp3) is 0.455. The van der Waals surface area contributed by atoms with Gasteiger partial charge in [0.05, 0.1) is 12.1 Å². The average molecular weight is 215 g/mol. The van der Waals surface area contributed by atoms with Gasteiger partial charge in [0.1, 0.15) is 5.75 Å². The van der Waals surface area contributed by atoms with Gasteiger partial charge in [0.15, 0.2) is 0 Å². The molecule has 0 aromatic heterocycles. The van der Waals surface area contributed by atoms with E-state index in [0.29, 0.717) is 5.02 Å². The molecule has 0 aliphatic heterocycles. The molecule has 0 atom stereocenters. The van der Waals surface area contributed by atoms with Crippen LogP contribution in [-0.4, -0.2) is 18.8 Å². The summed E-state index contributed by atoms with van der Waals surface area (Å²) in [7, 11) is 1.61. The lowest BCUT2D eigenvalue weighted by molar-refractivity contribution is 0.287. The summed E-state index contributed by atoms with van der Waals surface area (Å²) in [6, 6.07) is 3.80. The summed E-state index contributed by atoms with van der Waals surface area (Å²) in [6.45, 7) is 2.21. The van der Waals surface area contributed by atoms with E-state index in [-0.39, 0.29) is 6.61 Å². The predicted molar refractivity (Wildman–Crippen MR) is 58.1 cm³/mol. The molecule has 78 valence electrons. The molecule has 0 spiro atoms. The summed E-state index contributed by atoms with van der Waals surface area (Å²) in [5.74, 6) is 0.736. The Morgan fingerprint density at radius 2 is 2.14 bits per heavy atom. The van der Waals surface area contributed by atoms with Gasteiger partial charge >= 0.3 is 0 Å². The lowest BCUT2D eigenvalue weighted by atomic mass is 10.0. The Bertz CT molecular complexity index is 310. The van der Waals surface area contributed by atoms with E-state index in [1.54, 1.807) is 7.11 Å². The van der Waals surface area contributed by atoms with E-state index in [4.69, 9.17) is 21.4 Å². The highest BCUT2D eigenvalue weighted by atomic mass is 35.5. The van der Waals surface area contributed by atoms with Gasteiger partial charge in [-0.25, -0.2) is 0 Å². The molecule has 0 radical (unpaired) electrons. The monoisotopic (exact) mass is 214 g/mol. The Morgan fingerprint density at radius 1 is 1.43 bits per heavy atom. The van der Waals surface area contributed by atoms with Crippen molar-refractivity contribution in [2.45, 2.75) is 19.8 Å². The fourth-order valence-electron chi connectivity index (χ4n) is 1.48. The van der Waals surface area contributed by atoms with Crippen LogP contribution in [0.5, 0.6) is 5.75 Å². The maximum atomic E-state index is 8.78. The van der Waals surface area contributed by atoms with E-state index in [2.05, 4.69) is 0 Å². The minimum atomic E-state index is 0.190. The molecule has 0 heterocycles. The van der Waals surface area contributed by atoms with Gasteiger partial charge in [-0.3, -0.25) is 0 Å². The van der Waals surface area contributed by atoms with Gasteiger partial charge < -0.3 is 9.84 Å². The van der Waals surface area contributed by atoms with Gasteiger partial charge in [-0.1, -0.05) is 17.7 Å². The number of aliphatic hydroxyl groups excluding tert-OH is 1. The van der Waals surface area contributed by atoms with Crippen molar-refractivity contribution >= 4 is 11.6 Å². The Hall–Kier alpha value is -0.730. The van der Waals surface area contributed by atoms with Crippen LogP contribution in [0.4, 0.5) is 0 Å². The van der Waals surface area contributed by atoms with E-state index in [1.807, 2.05) is 19.1 Å². The SMILES string of the molecule is COc1c(Cl)ccc(C)c1CCCO. The topological polar surface area (TPSA) is 29.5 Å². The molecule has 0 saturated carbocycles. The zero-order valence-corrected chi connectivity index (χ0v) is 9.27. The maximum absolute atomic E-state index is 8.78. The number of aliphatic hydroxyl groups is 1. The highest BCUT2D eigenvalue weighted by Gasteiger charge is 2.09. The predicted octanol–water partition coefficient (Wildman–Crippen LogP) is 2.58. The zero-order valence-electron chi connectivity index (χ0n) is 8.51. The lowest BCUT2D eigenvalue weighted by Gasteiger charge is -2.12. The van der Waals surface area contributed by atoms with E-state index >= 15 is 0 Å². The molecule has 1 aromatic rings. The Morgan fingerprint density at radius 3 is 2.71 bits per heavy atom. The first-order valence-electron chi connectivity index (χ1n) is 4.63. The normalized spacial score (nSPS) is 10.3. The van der Waals surface area contributed by atoms with Crippen LogP contribution in [0.1, 0.15) is 17.5 Å². The fourth-order valence-corrected chi connectivity index (χ4v) is 1.74. The average Bonchev–Trinajstić information content (AvgIpc) is 2.19. The number of rotatable bonds is 4. The molecule has 0 fully saturated rings. The first-order chi connectivity index (χ1) is 6.70. The molecule has 0 amide bonds. The summed E-state index contributed by atoms with van der Waals surface area (Å²) in [5, 5.41) is 9.41. The molecule has 1 N–H and O–H groups in total. The Balaban J connectivity index is 3.03. The number of methoxy groups -OCH3 is 1. The molecule has 1 rings (SSSR count). The van der Waals surface area contributed by atoms with E-state index < -0.39 is 0 Å². The van der Waals surface area contributed by atoms with Crippen molar-refractivity contribution in [1.82, 2.24) is 0 Å². The minimum Gasteiger partial charge on any atom is -0.495 e. The standard InChI is InChI=1S/C11H15ClO2/c1-8-5-6-10(12)11(14-2)9(8)4-3-7-13/h5-6,13H,3-4,7H2,1-2H3. The molecule has 0 aliphatic rings. The summed E-state index contributed by atoms with van der Waals surface area (Å²) >= 11 is 5.99. The molecule has 0 bridgehead atoms. The number of aryl methyl sites for hydroxylation is 1. The van der Waals surface area contributed by atoms with Crippen LogP contribution in [0, 0.1) is 6.92 Å². The molecular weight excluding hydrogens is 200 g/mol. The summed E-state index contributed by atoms with van der Waals surface area (Å²) < 4.78 is 5.24. The van der Waals surface area contributed by atoms with Crippen LogP contribution in [0.2, 0.25) is 5.02 Å². The van der Waals surface area contributed by atoms with Crippen molar-refractivity contribution in [2.75, 3.05) is 13.7 Å². The first kappa shape index (κ1) is 11.3. The molecular formula is C11H15ClO2. The van der Waals surface area contributed by atoms with Crippen molar-refractivity contribution in [1.29, 1.82) is 0 Å². The largest absolute Gasteiger partial charge is 0.495 e. The van der Waals surface area contributed by atoms with E-state index in [0.717, 1.165) is 29.7 Å². The molecule has 1 aromatic carbocycles. The molecule has 0 unspecified atom stereocenters. The van der Waals surface area contributed by atoms with E-state index in [1.165, 1.54) is 0 Å². The van der Waals surface area contributed by atoms with Gasteiger partial charge in [0.2, 0.25) is 0 Å². The summed E-state index contributed by atoms with van der Waals surface area (Å²) in [6.07, 6.45) is 1.53. The quantitative estimate of drug-likeness (QED) is 0.835. The van der Waals surface area contributed by atoms with Crippen LogP contribution >= 0.6 is 11.6 Å². The second-order valence-corrected chi connectivity index (χ2v) is 3.61. The Kier molecular flexibility index (Phi) is 4.23. The van der Waals surface area contributed by atoms with Crippen molar-refractivity contribution in [3.05, 3.63) is 28.3 Å². The summed E-state index contributed by atoms with van der Waals surface area (Å²) in [4.78, 5) is 0. The van der Waals surface area contributed by atoms with Gasteiger partial charge in [0, 0.05) is 6.61 Å². The van der Waals surface area contributed by atoms with Crippen LogP contribution in [-0.2, 0) is 6.42 Å². The molecule has 2 nitrogen and oxygen atoms in total. The number of hydrogen-bond acceptors (Lipinski definition) is 2. The molecule has 0 saturated heterocycles. The van der Waals surface area contributed by atoms with Crippen molar-refractivity contribution in [3.8, 4) is 5.75 Å². The van der Waals surface area contributed by atoms with Crippen molar-refractivity contribution in [2.24, 2.45) is 0 Å². The smallest absolute Gasteiger partial charge is 0.140 e. The van der Waals surface area contributed by atoms with Crippen LogP contribution in [0.25, 0.3) is 0 Å². The zero-order chi connectivity index (χ0) is 10.6. The van der Waals surface area contributed by atoms with Gasteiger partial charge in [-0.2, -0.15) is 0 Å². The van der Waals surface area contributed by atoms with Gasteiger partial charge in [0.25, 0.3) is 0 Å². The second kappa shape index (κ2) is 5.23. The first-order valence-corrected chi connectivity index (χ1v) is 5.01. The highest BCUT2D eigenvalue weighted by molar-refractivity contribution is 6.32. The highest BCUT2D eigenvalue weighted by Crippen LogP contribution is 2.31. The van der Waals surface area contributed by atoms with E-state index in [9.17, 15) is 0 Å². The maximum Gasteiger partial charge on any atom is 0.140 e. The molecule has 14 heavy (non-hydrogen) atoms. The number of ether oxygens (including phenoxy) is 1. The third kappa shape index (κ3) is 2.40. The number of hydrogen-bond donors (Lipinski definition) is 1. The third-order valence-corrected chi connectivity index (χ3v) is 2.53. The molecule has 3 heteroatoms. The number of halogens is 1. The summed E-state index contributed by atoms with van der Waals surface area (Å²) in [5.41, 5.74) is 2.24. The lowest BCUT2D eigenvalue weighted by Crippen LogP contribution is -1.98. The number of benzene rings is 1. The van der Waals surface area contributed by atoms with Crippen LogP contribution in [0.15, 0.2) is 12.1 Å². The Labute approximate surface area is 89.5 Å². The van der Waals surface area contributed by atoms with Crippen LogP contribution < -0.4 is 4.74 Å².